The van der Waals surface area contributed by atoms with Crippen LogP contribution in [0.2, 0.25) is 0 Å². The molecule has 0 bridgehead atoms. The molecular formula is C24H23N3O7S. The van der Waals surface area contributed by atoms with Gasteiger partial charge in [0.2, 0.25) is 16.8 Å². The van der Waals surface area contributed by atoms with Crippen LogP contribution in [0.25, 0.3) is 0 Å². The van der Waals surface area contributed by atoms with Crippen LogP contribution in [0.4, 0.5) is 0 Å². The lowest BCUT2D eigenvalue weighted by Gasteiger charge is -2.11. The molecule has 1 aliphatic heterocycles. The number of carbonyl (C=O) groups excluding carboxylic acids is 2. The van der Waals surface area contributed by atoms with Crippen molar-refractivity contribution >= 4 is 21.8 Å². The Balaban J connectivity index is 1.31. The smallest absolute Gasteiger partial charge is 0.276 e. The van der Waals surface area contributed by atoms with E-state index >= 15 is 0 Å². The lowest BCUT2D eigenvalue weighted by Crippen LogP contribution is -2.43. The summed E-state index contributed by atoms with van der Waals surface area (Å²) in [6, 6.07) is 17.8. The van der Waals surface area contributed by atoms with Crippen LogP contribution in [-0.2, 0) is 21.4 Å². The molecule has 0 saturated carbocycles. The molecule has 1 heterocycles. The fraction of sp³-hybridized carbons (Fsp3) is 0.167. The number of benzene rings is 3. The normalized spacial score (nSPS) is 12.1. The predicted octanol–water partition coefficient (Wildman–Crippen LogP) is 2.04. The second kappa shape index (κ2) is 10.5. The number of hydrazine groups is 1. The van der Waals surface area contributed by atoms with Gasteiger partial charge in [0.25, 0.3) is 11.8 Å². The summed E-state index contributed by atoms with van der Waals surface area (Å²) in [5, 5.41) is 0. The zero-order valence-electron chi connectivity index (χ0n) is 18.7. The highest BCUT2D eigenvalue weighted by molar-refractivity contribution is 7.89. The van der Waals surface area contributed by atoms with Gasteiger partial charge >= 0.3 is 0 Å². The lowest BCUT2D eigenvalue weighted by molar-refractivity contribution is -0.123. The number of hydrogen-bond acceptors (Lipinski definition) is 7. The Bertz CT molecular complexity index is 1360. The number of amides is 2. The maximum absolute atomic E-state index is 12.7. The Kier molecular flexibility index (Phi) is 7.18. The zero-order valence-corrected chi connectivity index (χ0v) is 19.6. The maximum atomic E-state index is 12.7. The topological polar surface area (TPSA) is 132 Å². The summed E-state index contributed by atoms with van der Waals surface area (Å²) in [6.45, 7) is 1.74. The van der Waals surface area contributed by atoms with Crippen molar-refractivity contribution in [3.05, 3.63) is 83.4 Å². The van der Waals surface area contributed by atoms with E-state index in [1.165, 1.54) is 24.3 Å². The highest BCUT2D eigenvalue weighted by atomic mass is 32.2. The first-order valence-corrected chi connectivity index (χ1v) is 12.1. The predicted molar refractivity (Wildman–Crippen MR) is 125 cm³/mol. The molecule has 4 rings (SSSR count). The average Bonchev–Trinajstić information content (AvgIpc) is 3.33. The Morgan fingerprint density at radius 1 is 0.943 bits per heavy atom. The van der Waals surface area contributed by atoms with Gasteiger partial charge in [-0.25, -0.2) is 13.1 Å². The van der Waals surface area contributed by atoms with Crippen molar-refractivity contribution in [2.75, 3.05) is 13.4 Å². The number of fused-ring (bicyclic) bond motifs is 1. The van der Waals surface area contributed by atoms with Gasteiger partial charge in [0.1, 0.15) is 5.75 Å². The molecule has 35 heavy (non-hydrogen) atoms. The van der Waals surface area contributed by atoms with Crippen molar-refractivity contribution in [2.45, 2.75) is 18.4 Å². The summed E-state index contributed by atoms with van der Waals surface area (Å²) >= 11 is 0. The number of rotatable bonds is 8. The first-order chi connectivity index (χ1) is 16.8. The highest BCUT2D eigenvalue weighted by Crippen LogP contribution is 2.32. The zero-order chi connectivity index (χ0) is 24.8. The quantitative estimate of drug-likeness (QED) is 0.406. The van der Waals surface area contributed by atoms with Gasteiger partial charge in [-0.1, -0.05) is 24.3 Å². The number of hydrogen-bond donors (Lipinski definition) is 3. The number of sulfonamides is 1. The molecule has 10 nitrogen and oxygen atoms in total. The Morgan fingerprint density at radius 2 is 1.74 bits per heavy atom. The largest absolute Gasteiger partial charge is 0.484 e. The lowest BCUT2D eigenvalue weighted by atomic mass is 10.2. The molecule has 2 amide bonds. The first-order valence-electron chi connectivity index (χ1n) is 10.6. The van der Waals surface area contributed by atoms with Gasteiger partial charge in [-0.05, 0) is 60.5 Å². The molecular weight excluding hydrogens is 474 g/mol. The van der Waals surface area contributed by atoms with Crippen molar-refractivity contribution in [3.63, 3.8) is 0 Å². The summed E-state index contributed by atoms with van der Waals surface area (Å²) in [7, 11) is -3.91. The maximum Gasteiger partial charge on any atom is 0.276 e. The van der Waals surface area contributed by atoms with Gasteiger partial charge in [0.15, 0.2) is 18.1 Å². The van der Waals surface area contributed by atoms with E-state index < -0.39 is 21.8 Å². The third kappa shape index (κ3) is 6.28. The Morgan fingerprint density at radius 3 is 2.57 bits per heavy atom. The molecule has 0 radical (unpaired) electrons. The monoisotopic (exact) mass is 497 g/mol. The second-order valence-electron chi connectivity index (χ2n) is 7.65. The molecule has 0 atom stereocenters. The van der Waals surface area contributed by atoms with Crippen LogP contribution in [0.15, 0.2) is 71.6 Å². The minimum atomic E-state index is -3.91. The SMILES string of the molecule is Cc1cccc(OCC(=O)NNC(=O)c2cccc(S(=O)(=O)NCc3ccc4c(c3)OCO4)c2)c1. The number of aryl methyl sites for hydroxylation is 1. The van der Waals surface area contributed by atoms with Gasteiger partial charge in [-0.3, -0.25) is 20.4 Å². The Hall–Kier alpha value is -4.09. The number of nitrogens with one attached hydrogen (secondary N) is 3. The van der Waals surface area contributed by atoms with Gasteiger partial charge in [-0.15, -0.1) is 0 Å². The summed E-state index contributed by atoms with van der Waals surface area (Å²) in [4.78, 5) is 24.3. The molecule has 3 N–H and O–H groups in total. The minimum Gasteiger partial charge on any atom is -0.484 e. The van der Waals surface area contributed by atoms with E-state index in [1.54, 1.807) is 36.4 Å². The van der Waals surface area contributed by atoms with E-state index in [0.29, 0.717) is 22.8 Å². The highest BCUT2D eigenvalue weighted by Gasteiger charge is 2.18. The summed E-state index contributed by atoms with van der Waals surface area (Å²) in [6.07, 6.45) is 0. The third-order valence-electron chi connectivity index (χ3n) is 4.98. The molecule has 0 saturated heterocycles. The van der Waals surface area contributed by atoms with Crippen LogP contribution in [0.1, 0.15) is 21.5 Å². The van der Waals surface area contributed by atoms with Crippen LogP contribution >= 0.6 is 0 Å². The molecule has 0 spiro atoms. The molecule has 182 valence electrons. The van der Waals surface area contributed by atoms with E-state index in [0.717, 1.165) is 5.56 Å². The van der Waals surface area contributed by atoms with E-state index in [4.69, 9.17) is 14.2 Å². The molecule has 0 aliphatic carbocycles. The van der Waals surface area contributed by atoms with Crippen LogP contribution < -0.4 is 29.8 Å². The van der Waals surface area contributed by atoms with E-state index in [-0.39, 0.29) is 30.4 Å². The molecule has 3 aromatic carbocycles. The van der Waals surface area contributed by atoms with E-state index in [2.05, 4.69) is 15.6 Å². The van der Waals surface area contributed by atoms with Crippen LogP contribution in [0.5, 0.6) is 17.2 Å². The van der Waals surface area contributed by atoms with Crippen molar-refractivity contribution in [2.24, 2.45) is 0 Å². The third-order valence-corrected chi connectivity index (χ3v) is 6.38. The molecule has 3 aromatic rings. The van der Waals surface area contributed by atoms with Crippen molar-refractivity contribution in [3.8, 4) is 17.2 Å². The summed E-state index contributed by atoms with van der Waals surface area (Å²) in [5.74, 6) is 0.421. The van der Waals surface area contributed by atoms with Gasteiger partial charge in [0.05, 0.1) is 4.90 Å². The number of ether oxygens (including phenoxy) is 3. The molecule has 1 aliphatic rings. The van der Waals surface area contributed by atoms with E-state index in [9.17, 15) is 18.0 Å². The van der Waals surface area contributed by atoms with Crippen molar-refractivity contribution in [1.29, 1.82) is 0 Å². The average molecular weight is 498 g/mol. The van der Waals surface area contributed by atoms with Crippen molar-refractivity contribution in [1.82, 2.24) is 15.6 Å². The first kappa shape index (κ1) is 24.0. The standard InChI is InChI=1S/C24H23N3O7S/c1-16-4-2-6-19(10-16)32-14-23(28)26-27-24(29)18-5-3-7-20(12-18)35(30,31)25-13-17-8-9-21-22(11-17)34-15-33-21/h2-12,25H,13-15H2,1H3,(H,26,28)(H,27,29). The summed E-state index contributed by atoms with van der Waals surface area (Å²) in [5.41, 5.74) is 6.20. The van der Waals surface area contributed by atoms with Gasteiger partial charge < -0.3 is 14.2 Å². The summed E-state index contributed by atoms with van der Waals surface area (Å²) < 4.78 is 43.9. The Labute approximate surface area is 202 Å². The van der Waals surface area contributed by atoms with Gasteiger partial charge in [0, 0.05) is 12.1 Å². The van der Waals surface area contributed by atoms with E-state index in [1.807, 2.05) is 13.0 Å². The number of carbonyl (C=O) groups is 2. The minimum absolute atomic E-state index is 0.0202. The van der Waals surface area contributed by atoms with Gasteiger partial charge in [-0.2, -0.15) is 0 Å². The fourth-order valence-corrected chi connectivity index (χ4v) is 4.27. The fourth-order valence-electron chi connectivity index (χ4n) is 3.21. The van der Waals surface area contributed by atoms with Crippen LogP contribution in [-0.4, -0.2) is 33.6 Å². The van der Waals surface area contributed by atoms with Crippen molar-refractivity contribution < 1.29 is 32.2 Å². The molecule has 0 fully saturated rings. The molecule has 11 heteroatoms. The molecule has 0 unspecified atom stereocenters. The molecule has 0 aromatic heterocycles. The van der Waals surface area contributed by atoms with Crippen LogP contribution in [0.3, 0.4) is 0 Å². The second-order valence-corrected chi connectivity index (χ2v) is 9.41. The van der Waals surface area contributed by atoms with Crippen LogP contribution in [0, 0.1) is 6.92 Å².